The molecule has 0 radical (unpaired) electrons. The molecule has 0 fully saturated rings. The standard InChI is InChI=1S/C13H26N2O3/c1-7-18-12(17)9-15(10(2)3)8-11(16)14-13(4,5)6/h10H,7-9H2,1-6H3,(H,14,16). The monoisotopic (exact) mass is 258 g/mol. The highest BCUT2D eigenvalue weighted by Crippen LogP contribution is 2.02. The molecule has 18 heavy (non-hydrogen) atoms. The first-order valence-corrected chi connectivity index (χ1v) is 6.36. The Balaban J connectivity index is 4.36. The van der Waals surface area contributed by atoms with Crippen molar-refractivity contribution in [2.24, 2.45) is 0 Å². The van der Waals surface area contributed by atoms with Crippen LogP contribution in [0.2, 0.25) is 0 Å². The number of rotatable bonds is 6. The van der Waals surface area contributed by atoms with Gasteiger partial charge in [-0.05, 0) is 41.5 Å². The van der Waals surface area contributed by atoms with E-state index in [4.69, 9.17) is 4.74 Å². The summed E-state index contributed by atoms with van der Waals surface area (Å²) in [5.74, 6) is -0.379. The summed E-state index contributed by atoms with van der Waals surface area (Å²) in [6.45, 7) is 12.1. The molecule has 0 aliphatic rings. The second kappa shape index (κ2) is 7.36. The summed E-state index contributed by atoms with van der Waals surface area (Å²) < 4.78 is 4.89. The van der Waals surface area contributed by atoms with Crippen LogP contribution in [0.1, 0.15) is 41.5 Å². The van der Waals surface area contributed by atoms with Gasteiger partial charge >= 0.3 is 5.97 Å². The molecule has 106 valence electrons. The second-order valence-corrected chi connectivity index (χ2v) is 5.60. The fraction of sp³-hybridized carbons (Fsp3) is 0.846. The first-order valence-electron chi connectivity index (χ1n) is 6.36. The van der Waals surface area contributed by atoms with Crippen LogP contribution in [0, 0.1) is 0 Å². The maximum atomic E-state index is 11.8. The number of amides is 1. The summed E-state index contributed by atoms with van der Waals surface area (Å²) >= 11 is 0. The smallest absolute Gasteiger partial charge is 0.320 e. The molecular formula is C13H26N2O3. The van der Waals surface area contributed by atoms with E-state index in [2.05, 4.69) is 5.32 Å². The lowest BCUT2D eigenvalue weighted by Gasteiger charge is -2.27. The Kier molecular flexibility index (Phi) is 6.91. The molecule has 5 nitrogen and oxygen atoms in total. The Morgan fingerprint density at radius 2 is 1.78 bits per heavy atom. The molecule has 0 heterocycles. The topological polar surface area (TPSA) is 58.6 Å². The molecule has 5 heteroatoms. The van der Waals surface area contributed by atoms with Gasteiger partial charge in [-0.3, -0.25) is 14.5 Å². The summed E-state index contributed by atoms with van der Waals surface area (Å²) in [7, 11) is 0. The molecule has 0 aromatic rings. The van der Waals surface area contributed by atoms with Gasteiger partial charge in [0.2, 0.25) is 5.91 Å². The van der Waals surface area contributed by atoms with Crippen LogP contribution in [0.15, 0.2) is 0 Å². The van der Waals surface area contributed by atoms with Crippen molar-refractivity contribution in [1.29, 1.82) is 0 Å². The lowest BCUT2D eigenvalue weighted by molar-refractivity contribution is -0.145. The molecular weight excluding hydrogens is 232 g/mol. The van der Waals surface area contributed by atoms with E-state index in [9.17, 15) is 9.59 Å². The van der Waals surface area contributed by atoms with Crippen LogP contribution in [0.5, 0.6) is 0 Å². The van der Waals surface area contributed by atoms with E-state index in [0.29, 0.717) is 6.61 Å². The quantitative estimate of drug-likeness (QED) is 0.727. The molecule has 0 aliphatic heterocycles. The van der Waals surface area contributed by atoms with Crippen LogP contribution in [-0.2, 0) is 14.3 Å². The van der Waals surface area contributed by atoms with E-state index in [-0.39, 0.29) is 36.5 Å². The third-order valence-corrected chi connectivity index (χ3v) is 2.23. The molecule has 0 rings (SSSR count). The van der Waals surface area contributed by atoms with Crippen molar-refractivity contribution in [3.63, 3.8) is 0 Å². The summed E-state index contributed by atoms with van der Waals surface area (Å²) in [4.78, 5) is 25.0. The Morgan fingerprint density at radius 3 is 2.17 bits per heavy atom. The van der Waals surface area contributed by atoms with Gasteiger partial charge in [0.25, 0.3) is 0 Å². The maximum Gasteiger partial charge on any atom is 0.320 e. The van der Waals surface area contributed by atoms with Crippen molar-refractivity contribution < 1.29 is 14.3 Å². The highest BCUT2D eigenvalue weighted by molar-refractivity contribution is 5.80. The van der Waals surface area contributed by atoms with Crippen molar-refractivity contribution in [3.05, 3.63) is 0 Å². The zero-order valence-corrected chi connectivity index (χ0v) is 12.4. The lowest BCUT2D eigenvalue weighted by Crippen LogP contribution is -2.48. The van der Waals surface area contributed by atoms with Crippen LogP contribution in [0.25, 0.3) is 0 Å². The van der Waals surface area contributed by atoms with E-state index in [0.717, 1.165) is 0 Å². The molecule has 0 atom stereocenters. The Hall–Kier alpha value is -1.10. The predicted molar refractivity (Wildman–Crippen MR) is 71.2 cm³/mol. The van der Waals surface area contributed by atoms with Gasteiger partial charge in [0.1, 0.15) is 0 Å². The minimum atomic E-state index is -0.297. The first kappa shape index (κ1) is 16.9. The van der Waals surface area contributed by atoms with Gasteiger partial charge in [-0.25, -0.2) is 0 Å². The number of hydrogen-bond donors (Lipinski definition) is 1. The number of nitrogens with one attached hydrogen (secondary N) is 1. The van der Waals surface area contributed by atoms with Gasteiger partial charge in [-0.15, -0.1) is 0 Å². The van der Waals surface area contributed by atoms with Crippen molar-refractivity contribution in [3.8, 4) is 0 Å². The Labute approximate surface area is 110 Å². The van der Waals surface area contributed by atoms with Gasteiger partial charge in [-0.2, -0.15) is 0 Å². The fourth-order valence-corrected chi connectivity index (χ4v) is 1.44. The van der Waals surface area contributed by atoms with Gasteiger partial charge in [0, 0.05) is 11.6 Å². The number of esters is 1. The molecule has 0 bridgehead atoms. The van der Waals surface area contributed by atoms with Crippen LogP contribution >= 0.6 is 0 Å². The molecule has 0 spiro atoms. The van der Waals surface area contributed by atoms with Crippen LogP contribution in [-0.4, -0.2) is 48.1 Å². The van der Waals surface area contributed by atoms with E-state index >= 15 is 0 Å². The van der Waals surface area contributed by atoms with E-state index in [1.807, 2.05) is 34.6 Å². The minimum Gasteiger partial charge on any atom is -0.465 e. The van der Waals surface area contributed by atoms with E-state index in [1.54, 1.807) is 11.8 Å². The Bertz CT molecular complexity index is 282. The molecule has 0 saturated heterocycles. The van der Waals surface area contributed by atoms with Crippen LogP contribution in [0.3, 0.4) is 0 Å². The van der Waals surface area contributed by atoms with Crippen molar-refractivity contribution in [2.45, 2.75) is 53.1 Å². The number of carbonyl (C=O) groups is 2. The lowest BCUT2D eigenvalue weighted by atomic mass is 10.1. The molecule has 0 aliphatic carbocycles. The first-order chi connectivity index (χ1) is 8.15. The molecule has 1 N–H and O–H groups in total. The normalized spacial score (nSPS) is 11.8. The fourth-order valence-electron chi connectivity index (χ4n) is 1.44. The van der Waals surface area contributed by atoms with Crippen molar-refractivity contribution in [2.75, 3.05) is 19.7 Å². The largest absolute Gasteiger partial charge is 0.465 e. The highest BCUT2D eigenvalue weighted by Gasteiger charge is 2.20. The number of ether oxygens (including phenoxy) is 1. The summed E-state index contributed by atoms with van der Waals surface area (Å²) in [5.41, 5.74) is -0.260. The van der Waals surface area contributed by atoms with Gasteiger partial charge in [-0.1, -0.05) is 0 Å². The molecule has 0 aromatic carbocycles. The van der Waals surface area contributed by atoms with Crippen molar-refractivity contribution in [1.82, 2.24) is 10.2 Å². The average Bonchev–Trinajstić information content (AvgIpc) is 2.13. The molecule has 0 aromatic heterocycles. The van der Waals surface area contributed by atoms with Gasteiger partial charge in [0.05, 0.1) is 19.7 Å². The third-order valence-electron chi connectivity index (χ3n) is 2.23. The van der Waals surface area contributed by atoms with Crippen molar-refractivity contribution >= 4 is 11.9 Å². The van der Waals surface area contributed by atoms with E-state index in [1.165, 1.54) is 0 Å². The van der Waals surface area contributed by atoms with Gasteiger partial charge < -0.3 is 10.1 Å². The SMILES string of the molecule is CCOC(=O)CN(CC(=O)NC(C)(C)C)C(C)C. The predicted octanol–water partition coefficient (Wildman–Crippen LogP) is 1.17. The molecule has 0 unspecified atom stereocenters. The third kappa shape index (κ3) is 8.06. The number of hydrogen-bond acceptors (Lipinski definition) is 4. The molecule has 1 amide bonds. The zero-order chi connectivity index (χ0) is 14.3. The summed E-state index contributed by atoms with van der Waals surface area (Å²) in [5, 5.41) is 2.88. The Morgan fingerprint density at radius 1 is 1.22 bits per heavy atom. The summed E-state index contributed by atoms with van der Waals surface area (Å²) in [6, 6.07) is 0.111. The zero-order valence-electron chi connectivity index (χ0n) is 12.4. The average molecular weight is 258 g/mol. The summed E-state index contributed by atoms with van der Waals surface area (Å²) in [6.07, 6.45) is 0. The van der Waals surface area contributed by atoms with E-state index < -0.39 is 0 Å². The molecule has 0 saturated carbocycles. The highest BCUT2D eigenvalue weighted by atomic mass is 16.5. The second-order valence-electron chi connectivity index (χ2n) is 5.60. The van der Waals surface area contributed by atoms with Crippen LogP contribution < -0.4 is 5.32 Å². The number of carbonyl (C=O) groups excluding carboxylic acids is 2. The van der Waals surface area contributed by atoms with Crippen LogP contribution in [0.4, 0.5) is 0 Å². The number of nitrogens with zero attached hydrogens (tertiary/aromatic N) is 1. The minimum absolute atomic E-state index is 0.0829. The van der Waals surface area contributed by atoms with Gasteiger partial charge in [0.15, 0.2) is 0 Å². The maximum absolute atomic E-state index is 11.8.